The summed E-state index contributed by atoms with van der Waals surface area (Å²) in [4.78, 5) is 8.67. The minimum Gasteiger partial charge on any atom is -0.497 e. The molecule has 1 N–H and O–H groups in total. The zero-order valence-electron chi connectivity index (χ0n) is 13.7. The second kappa shape index (κ2) is 7.50. The maximum Gasteiger partial charge on any atom is 0.243 e. The van der Waals surface area contributed by atoms with E-state index < -0.39 is 0 Å². The van der Waals surface area contributed by atoms with Gasteiger partial charge in [-0.05, 0) is 49.2 Å². The van der Waals surface area contributed by atoms with Crippen LogP contribution < -0.4 is 10.1 Å². The van der Waals surface area contributed by atoms with Gasteiger partial charge in [0.25, 0.3) is 0 Å². The fourth-order valence-corrected chi connectivity index (χ4v) is 2.41. The van der Waals surface area contributed by atoms with Gasteiger partial charge in [0.15, 0.2) is 0 Å². The third-order valence-corrected chi connectivity index (χ3v) is 3.58. The number of nitrogens with one attached hydrogen (secondary N) is 1. The van der Waals surface area contributed by atoms with Crippen LogP contribution in [0.15, 0.2) is 55.0 Å². The summed E-state index contributed by atoms with van der Waals surface area (Å²) in [5, 5.41) is 11.4. The highest BCUT2D eigenvalue weighted by atomic mass is 16.5. The predicted octanol–water partition coefficient (Wildman–Crippen LogP) is 2.99. The average molecular weight is 321 g/mol. The maximum absolute atomic E-state index is 5.17. The second-order valence-corrected chi connectivity index (χ2v) is 5.50. The zero-order chi connectivity index (χ0) is 16.8. The minimum atomic E-state index is 0.169. The van der Waals surface area contributed by atoms with E-state index in [2.05, 4.69) is 38.5 Å². The van der Waals surface area contributed by atoms with Gasteiger partial charge in [-0.3, -0.25) is 4.98 Å². The first kappa shape index (κ1) is 15.9. The summed E-state index contributed by atoms with van der Waals surface area (Å²) in [6.45, 7) is 2.08. The highest BCUT2D eigenvalue weighted by Crippen LogP contribution is 2.20. The van der Waals surface area contributed by atoms with Crippen molar-refractivity contribution in [2.45, 2.75) is 19.4 Å². The Kier molecular flexibility index (Phi) is 4.96. The summed E-state index contributed by atoms with van der Waals surface area (Å²) in [5.74, 6) is 1.32. The Hall–Kier alpha value is -3.02. The third-order valence-electron chi connectivity index (χ3n) is 3.58. The molecule has 2 heterocycles. The van der Waals surface area contributed by atoms with Crippen LogP contribution in [0.3, 0.4) is 0 Å². The molecular formula is C18H19N5O. The monoisotopic (exact) mass is 321 g/mol. The highest BCUT2D eigenvalue weighted by Gasteiger charge is 2.08. The summed E-state index contributed by atoms with van der Waals surface area (Å²) in [6, 6.07) is 11.9. The van der Waals surface area contributed by atoms with Crippen molar-refractivity contribution in [3.05, 3.63) is 60.6 Å². The van der Waals surface area contributed by atoms with E-state index in [0.29, 0.717) is 5.95 Å². The molecule has 0 radical (unpaired) electrons. The molecule has 3 rings (SSSR count). The Morgan fingerprint density at radius 1 is 1.12 bits per heavy atom. The Bertz CT molecular complexity index is 777. The molecule has 0 unspecified atom stereocenters. The number of anilines is 1. The van der Waals surface area contributed by atoms with Crippen LogP contribution in [-0.4, -0.2) is 33.3 Å². The van der Waals surface area contributed by atoms with Crippen LogP contribution in [-0.2, 0) is 6.42 Å². The van der Waals surface area contributed by atoms with Gasteiger partial charge >= 0.3 is 0 Å². The topological polar surface area (TPSA) is 72.8 Å². The highest BCUT2D eigenvalue weighted by molar-refractivity contribution is 5.60. The normalized spacial score (nSPS) is 11.8. The Morgan fingerprint density at radius 2 is 1.96 bits per heavy atom. The largest absolute Gasteiger partial charge is 0.497 e. The standard InChI is InChI=1S/C18H19N5O/c1-13(10-14-4-3-9-19-11-14)21-18-22-17(12-20-23-18)15-5-7-16(24-2)8-6-15/h3-9,11-13H,10H2,1-2H3,(H,21,22,23)/t13-/m1/s1. The number of aromatic nitrogens is 4. The average Bonchev–Trinajstić information content (AvgIpc) is 2.63. The van der Waals surface area contributed by atoms with E-state index in [4.69, 9.17) is 4.74 Å². The van der Waals surface area contributed by atoms with Crippen molar-refractivity contribution in [2.75, 3.05) is 12.4 Å². The Balaban J connectivity index is 1.70. The lowest BCUT2D eigenvalue weighted by atomic mass is 10.1. The second-order valence-electron chi connectivity index (χ2n) is 5.50. The minimum absolute atomic E-state index is 0.169. The number of hydrogen-bond acceptors (Lipinski definition) is 6. The molecule has 0 amide bonds. The van der Waals surface area contributed by atoms with Gasteiger partial charge in [0.2, 0.25) is 5.95 Å². The SMILES string of the molecule is COc1ccc(-c2cnnc(N[C@H](C)Cc3cccnc3)n2)cc1. The summed E-state index contributed by atoms with van der Waals surface area (Å²) in [6.07, 6.45) is 6.13. The summed E-state index contributed by atoms with van der Waals surface area (Å²) < 4.78 is 5.17. The number of ether oxygens (including phenoxy) is 1. The first-order chi connectivity index (χ1) is 11.7. The van der Waals surface area contributed by atoms with Crippen LogP contribution in [0.25, 0.3) is 11.3 Å². The van der Waals surface area contributed by atoms with Gasteiger partial charge in [0.1, 0.15) is 5.75 Å². The van der Waals surface area contributed by atoms with E-state index in [1.54, 1.807) is 19.5 Å². The van der Waals surface area contributed by atoms with Gasteiger partial charge in [-0.15, -0.1) is 5.10 Å². The molecule has 122 valence electrons. The van der Waals surface area contributed by atoms with E-state index in [-0.39, 0.29) is 6.04 Å². The van der Waals surface area contributed by atoms with Crippen LogP contribution in [0.2, 0.25) is 0 Å². The van der Waals surface area contributed by atoms with Crippen LogP contribution in [0.5, 0.6) is 5.75 Å². The van der Waals surface area contributed by atoms with Gasteiger partial charge in [0, 0.05) is 24.0 Å². The van der Waals surface area contributed by atoms with E-state index in [1.807, 2.05) is 36.5 Å². The van der Waals surface area contributed by atoms with Crippen LogP contribution in [0, 0.1) is 0 Å². The van der Waals surface area contributed by atoms with Crippen molar-refractivity contribution in [2.24, 2.45) is 0 Å². The fourth-order valence-electron chi connectivity index (χ4n) is 2.41. The van der Waals surface area contributed by atoms with Crippen molar-refractivity contribution in [1.82, 2.24) is 20.2 Å². The van der Waals surface area contributed by atoms with E-state index in [9.17, 15) is 0 Å². The lowest BCUT2D eigenvalue weighted by Gasteiger charge is -2.13. The molecule has 2 aromatic heterocycles. The van der Waals surface area contributed by atoms with E-state index in [1.165, 1.54) is 0 Å². The molecule has 0 aliphatic rings. The Labute approximate surface area is 141 Å². The molecule has 3 aromatic rings. The molecule has 0 saturated carbocycles. The molecular weight excluding hydrogens is 302 g/mol. The molecule has 0 saturated heterocycles. The number of nitrogens with zero attached hydrogens (tertiary/aromatic N) is 4. The molecule has 0 fully saturated rings. The molecule has 0 bridgehead atoms. The zero-order valence-corrected chi connectivity index (χ0v) is 13.7. The number of rotatable bonds is 6. The molecule has 6 nitrogen and oxygen atoms in total. The van der Waals surface area contributed by atoms with E-state index >= 15 is 0 Å². The van der Waals surface area contributed by atoms with Gasteiger partial charge in [-0.2, -0.15) is 5.10 Å². The Morgan fingerprint density at radius 3 is 2.67 bits per heavy atom. The van der Waals surface area contributed by atoms with Crippen molar-refractivity contribution in [3.8, 4) is 17.0 Å². The third kappa shape index (κ3) is 4.04. The van der Waals surface area contributed by atoms with Crippen molar-refractivity contribution in [1.29, 1.82) is 0 Å². The van der Waals surface area contributed by atoms with Crippen LogP contribution in [0.1, 0.15) is 12.5 Å². The maximum atomic E-state index is 5.17. The summed E-state index contributed by atoms with van der Waals surface area (Å²) in [7, 11) is 1.65. The van der Waals surface area contributed by atoms with Gasteiger partial charge in [-0.1, -0.05) is 6.07 Å². The van der Waals surface area contributed by atoms with Gasteiger partial charge in [-0.25, -0.2) is 4.98 Å². The molecule has 1 atom stereocenters. The lowest BCUT2D eigenvalue weighted by Crippen LogP contribution is -2.20. The summed E-state index contributed by atoms with van der Waals surface area (Å²) >= 11 is 0. The number of pyridine rings is 1. The van der Waals surface area contributed by atoms with Gasteiger partial charge in [0.05, 0.1) is 19.0 Å². The first-order valence-corrected chi connectivity index (χ1v) is 7.74. The smallest absolute Gasteiger partial charge is 0.243 e. The fraction of sp³-hybridized carbons (Fsp3) is 0.222. The first-order valence-electron chi connectivity index (χ1n) is 7.74. The molecule has 0 aliphatic carbocycles. The number of methoxy groups -OCH3 is 1. The van der Waals surface area contributed by atoms with Crippen LogP contribution >= 0.6 is 0 Å². The van der Waals surface area contributed by atoms with Gasteiger partial charge < -0.3 is 10.1 Å². The molecule has 6 heteroatoms. The van der Waals surface area contributed by atoms with Crippen molar-refractivity contribution < 1.29 is 4.74 Å². The van der Waals surface area contributed by atoms with Crippen molar-refractivity contribution in [3.63, 3.8) is 0 Å². The molecule has 24 heavy (non-hydrogen) atoms. The van der Waals surface area contributed by atoms with Crippen LogP contribution in [0.4, 0.5) is 5.95 Å². The predicted molar refractivity (Wildman–Crippen MR) is 92.8 cm³/mol. The molecule has 1 aromatic carbocycles. The number of hydrogen-bond donors (Lipinski definition) is 1. The number of benzene rings is 1. The van der Waals surface area contributed by atoms with E-state index in [0.717, 1.165) is 29.0 Å². The molecule has 0 aliphatic heterocycles. The summed E-state index contributed by atoms with van der Waals surface area (Å²) in [5.41, 5.74) is 2.90. The van der Waals surface area contributed by atoms with Crippen molar-refractivity contribution >= 4 is 5.95 Å². The molecule has 0 spiro atoms. The quantitative estimate of drug-likeness (QED) is 0.752. The lowest BCUT2D eigenvalue weighted by molar-refractivity contribution is 0.415.